The molecule has 0 N–H and O–H groups in total. The van der Waals surface area contributed by atoms with Gasteiger partial charge in [-0.2, -0.15) is 0 Å². The smallest absolute Gasteiger partial charge is 0.0386 e. The highest BCUT2D eigenvalue weighted by molar-refractivity contribution is 4.75. The van der Waals surface area contributed by atoms with Crippen LogP contribution in [-0.2, 0) is 0 Å². The first kappa shape index (κ1) is 32.2. The molecule has 2 saturated carbocycles. The molecular weight excluding hydrogens is 432 g/mol. The summed E-state index contributed by atoms with van der Waals surface area (Å²) in [7, 11) is 0. The Kier molecular flexibility index (Phi) is 19.6. The molecule has 0 aromatic carbocycles. The van der Waals surface area contributed by atoms with Gasteiger partial charge in [0.2, 0.25) is 0 Å². The van der Waals surface area contributed by atoms with Crippen LogP contribution >= 0.6 is 0 Å². The third-order valence-corrected chi connectivity index (χ3v) is 10.7. The molecule has 0 radical (unpaired) electrons. The first-order chi connectivity index (χ1) is 17.7. The van der Waals surface area contributed by atoms with Gasteiger partial charge in [-0.25, -0.2) is 0 Å². The van der Waals surface area contributed by atoms with Gasteiger partial charge in [0.05, 0.1) is 0 Å². The molecule has 0 heterocycles. The molecule has 0 amide bonds. The zero-order chi connectivity index (χ0) is 25.7. The van der Waals surface area contributed by atoms with E-state index in [1.54, 1.807) is 19.3 Å². The van der Waals surface area contributed by atoms with Crippen molar-refractivity contribution in [1.82, 2.24) is 0 Å². The van der Waals surface area contributed by atoms with E-state index in [0.29, 0.717) is 0 Å². The molecule has 0 heteroatoms. The lowest BCUT2D eigenvalue weighted by Gasteiger charge is -2.30. The van der Waals surface area contributed by atoms with Gasteiger partial charge < -0.3 is 0 Å². The van der Waals surface area contributed by atoms with Crippen LogP contribution in [0.1, 0.15) is 201 Å². The van der Waals surface area contributed by atoms with Crippen molar-refractivity contribution in [3.63, 3.8) is 0 Å². The molecule has 2 aliphatic rings. The highest BCUT2D eigenvalue weighted by atomic mass is 14.3. The molecular formula is C36H70. The maximum atomic E-state index is 2.59. The lowest BCUT2D eigenvalue weighted by molar-refractivity contribution is 0.213. The lowest BCUT2D eigenvalue weighted by atomic mass is 9.76. The zero-order valence-corrected chi connectivity index (χ0v) is 25.7. The molecule has 0 aromatic rings. The summed E-state index contributed by atoms with van der Waals surface area (Å²) in [4.78, 5) is 0. The molecule has 0 aliphatic heterocycles. The molecule has 5 atom stereocenters. The molecule has 0 bridgehead atoms. The van der Waals surface area contributed by atoms with E-state index in [2.05, 4.69) is 20.8 Å². The molecule has 0 nitrogen and oxygen atoms in total. The fourth-order valence-corrected chi connectivity index (χ4v) is 7.57. The molecule has 2 aliphatic carbocycles. The third kappa shape index (κ3) is 16.1. The second kappa shape index (κ2) is 21.9. The normalized spacial score (nSPS) is 33.9. The van der Waals surface area contributed by atoms with E-state index >= 15 is 0 Å². The average molecular weight is 503 g/mol. The predicted molar refractivity (Wildman–Crippen MR) is 164 cm³/mol. The van der Waals surface area contributed by atoms with E-state index in [0.717, 1.165) is 29.6 Å². The van der Waals surface area contributed by atoms with Crippen molar-refractivity contribution in [1.29, 1.82) is 0 Å². The van der Waals surface area contributed by atoms with E-state index < -0.39 is 0 Å². The van der Waals surface area contributed by atoms with Crippen LogP contribution in [0.15, 0.2) is 0 Å². The molecule has 2 fully saturated rings. The van der Waals surface area contributed by atoms with Crippen LogP contribution in [0.2, 0.25) is 0 Å². The van der Waals surface area contributed by atoms with Gasteiger partial charge in [-0.15, -0.1) is 0 Å². The highest BCUT2D eigenvalue weighted by Gasteiger charge is 2.23. The first-order valence-electron chi connectivity index (χ1n) is 17.7. The Labute approximate surface area is 230 Å². The minimum absolute atomic E-state index is 0.927. The maximum Gasteiger partial charge on any atom is -0.0386 e. The Balaban J connectivity index is 1.95. The Hall–Kier alpha value is 0. The molecule has 5 unspecified atom stereocenters. The summed E-state index contributed by atoms with van der Waals surface area (Å²) >= 11 is 0. The van der Waals surface area contributed by atoms with Crippen LogP contribution in [0.3, 0.4) is 0 Å². The van der Waals surface area contributed by atoms with E-state index in [4.69, 9.17) is 0 Å². The summed E-state index contributed by atoms with van der Waals surface area (Å²) in [5.41, 5.74) is 0. The fraction of sp³-hybridized carbons (Fsp3) is 1.00. The van der Waals surface area contributed by atoms with Crippen molar-refractivity contribution in [3.8, 4) is 0 Å². The Morgan fingerprint density at radius 1 is 0.250 bits per heavy atom. The SMILES string of the molecule is CC1CCCCCCCCCCCC(C2CCCCCCCCCCCC(C)C(C)CC2)CCCC1. The van der Waals surface area contributed by atoms with Crippen LogP contribution in [0.25, 0.3) is 0 Å². The number of rotatable bonds is 1. The second-order valence-electron chi connectivity index (χ2n) is 14.0. The summed E-state index contributed by atoms with van der Waals surface area (Å²) in [5.74, 6) is 4.87. The summed E-state index contributed by atoms with van der Waals surface area (Å²) in [6.07, 6.45) is 42.1. The quantitative estimate of drug-likeness (QED) is 0.334. The van der Waals surface area contributed by atoms with Crippen molar-refractivity contribution in [2.45, 2.75) is 201 Å². The van der Waals surface area contributed by atoms with E-state index in [-0.39, 0.29) is 0 Å². The average Bonchev–Trinajstić information content (AvgIpc) is 2.87. The molecule has 0 aromatic heterocycles. The third-order valence-electron chi connectivity index (χ3n) is 10.7. The van der Waals surface area contributed by atoms with Crippen molar-refractivity contribution < 1.29 is 0 Å². The Bertz CT molecular complexity index is 467. The van der Waals surface area contributed by atoms with Gasteiger partial charge in [0.1, 0.15) is 0 Å². The summed E-state index contributed by atoms with van der Waals surface area (Å²) < 4.78 is 0. The molecule has 214 valence electrons. The molecule has 2 rings (SSSR count). The highest BCUT2D eigenvalue weighted by Crippen LogP contribution is 2.36. The van der Waals surface area contributed by atoms with Crippen LogP contribution in [-0.4, -0.2) is 0 Å². The van der Waals surface area contributed by atoms with Gasteiger partial charge in [0, 0.05) is 0 Å². The van der Waals surface area contributed by atoms with Gasteiger partial charge in [-0.3, -0.25) is 0 Å². The van der Waals surface area contributed by atoms with Gasteiger partial charge >= 0.3 is 0 Å². The van der Waals surface area contributed by atoms with Gasteiger partial charge in [0.25, 0.3) is 0 Å². The summed E-state index contributed by atoms with van der Waals surface area (Å²) in [6, 6.07) is 0. The van der Waals surface area contributed by atoms with Crippen molar-refractivity contribution in [3.05, 3.63) is 0 Å². The summed E-state index contributed by atoms with van der Waals surface area (Å²) in [6.45, 7) is 7.70. The van der Waals surface area contributed by atoms with E-state index in [1.807, 2.05) is 0 Å². The minimum atomic E-state index is 0.927. The summed E-state index contributed by atoms with van der Waals surface area (Å²) in [5, 5.41) is 0. The Morgan fingerprint density at radius 3 is 1.00 bits per heavy atom. The largest absolute Gasteiger partial charge is 0.0625 e. The number of hydrogen-bond acceptors (Lipinski definition) is 0. The van der Waals surface area contributed by atoms with Crippen molar-refractivity contribution >= 4 is 0 Å². The zero-order valence-electron chi connectivity index (χ0n) is 25.7. The molecule has 36 heavy (non-hydrogen) atoms. The fourth-order valence-electron chi connectivity index (χ4n) is 7.57. The van der Waals surface area contributed by atoms with Crippen LogP contribution in [0.4, 0.5) is 0 Å². The van der Waals surface area contributed by atoms with E-state index in [9.17, 15) is 0 Å². The van der Waals surface area contributed by atoms with E-state index in [1.165, 1.54) is 161 Å². The minimum Gasteiger partial charge on any atom is -0.0625 e. The van der Waals surface area contributed by atoms with Gasteiger partial charge in [-0.1, -0.05) is 194 Å². The maximum absolute atomic E-state index is 2.59. The molecule has 0 spiro atoms. The number of hydrogen-bond donors (Lipinski definition) is 0. The monoisotopic (exact) mass is 503 g/mol. The van der Waals surface area contributed by atoms with Gasteiger partial charge in [0.15, 0.2) is 0 Å². The topological polar surface area (TPSA) is 0 Å². The first-order valence-corrected chi connectivity index (χ1v) is 17.7. The van der Waals surface area contributed by atoms with Crippen LogP contribution < -0.4 is 0 Å². The van der Waals surface area contributed by atoms with Crippen molar-refractivity contribution in [2.75, 3.05) is 0 Å². The molecule has 0 saturated heterocycles. The Morgan fingerprint density at radius 2 is 0.528 bits per heavy atom. The van der Waals surface area contributed by atoms with Gasteiger partial charge in [-0.05, 0) is 36.0 Å². The van der Waals surface area contributed by atoms with Crippen LogP contribution in [0.5, 0.6) is 0 Å². The van der Waals surface area contributed by atoms with Crippen molar-refractivity contribution in [2.24, 2.45) is 29.6 Å². The predicted octanol–water partition coefficient (Wildman–Crippen LogP) is 13.1. The standard InChI is InChI=1S/C36H70/c1-32-24-18-14-10-6-4-8-12-16-20-27-35(29-23-22-25-32)36-28-21-17-13-9-5-7-11-15-19-26-33(2)34(3)30-31-36/h32-36H,4-31H2,1-3H3. The van der Waals surface area contributed by atoms with Crippen LogP contribution in [0, 0.1) is 29.6 Å². The second-order valence-corrected chi connectivity index (χ2v) is 14.0. The lowest BCUT2D eigenvalue weighted by Crippen LogP contribution is -2.18.